The number of benzene rings is 2. The molecule has 146 valence electrons. The maximum Gasteiger partial charge on any atom is 0.238 e. The highest BCUT2D eigenvalue weighted by Gasteiger charge is 2.14. The van der Waals surface area contributed by atoms with Gasteiger partial charge in [0.25, 0.3) is 0 Å². The third kappa shape index (κ3) is 5.52. The van der Waals surface area contributed by atoms with E-state index in [1.54, 1.807) is 19.2 Å². The fourth-order valence-corrected chi connectivity index (χ4v) is 2.69. The summed E-state index contributed by atoms with van der Waals surface area (Å²) in [4.78, 5) is 12.2. The average Bonchev–Trinajstić information content (AvgIpc) is 2.70. The van der Waals surface area contributed by atoms with E-state index >= 15 is 0 Å². The number of anilines is 1. The minimum atomic E-state index is -0.163. The molecule has 0 aliphatic carbocycles. The standard InChI is InChI=1S/C20H26N2O5/c1-24-16-8-6-5-7-14(16)9-10-21-13-19(23)22-15-11-17(25-2)20(27-4)18(12-15)26-3/h5-8,11-12,21H,9-10,13H2,1-4H3,(H,22,23). The molecule has 2 aromatic rings. The summed E-state index contributed by atoms with van der Waals surface area (Å²) in [6.07, 6.45) is 0.765. The number of hydrogen-bond donors (Lipinski definition) is 2. The Morgan fingerprint density at radius 1 is 0.889 bits per heavy atom. The fourth-order valence-electron chi connectivity index (χ4n) is 2.69. The molecule has 0 aliphatic heterocycles. The van der Waals surface area contributed by atoms with E-state index in [4.69, 9.17) is 18.9 Å². The van der Waals surface area contributed by atoms with E-state index in [9.17, 15) is 4.79 Å². The van der Waals surface area contributed by atoms with Crippen molar-refractivity contribution < 1.29 is 23.7 Å². The van der Waals surface area contributed by atoms with Crippen molar-refractivity contribution in [2.75, 3.05) is 46.8 Å². The molecule has 0 aromatic heterocycles. The van der Waals surface area contributed by atoms with Gasteiger partial charge in [0.15, 0.2) is 11.5 Å². The number of carbonyl (C=O) groups excluding carboxylic acids is 1. The Hall–Kier alpha value is -2.93. The van der Waals surface area contributed by atoms with Crippen molar-refractivity contribution in [3.05, 3.63) is 42.0 Å². The van der Waals surface area contributed by atoms with Crippen LogP contribution in [0.1, 0.15) is 5.56 Å². The van der Waals surface area contributed by atoms with Crippen LogP contribution in [0.25, 0.3) is 0 Å². The van der Waals surface area contributed by atoms with Gasteiger partial charge in [-0.25, -0.2) is 0 Å². The summed E-state index contributed by atoms with van der Waals surface area (Å²) in [6.45, 7) is 0.842. The molecule has 0 spiro atoms. The van der Waals surface area contributed by atoms with Crippen molar-refractivity contribution >= 4 is 11.6 Å². The van der Waals surface area contributed by atoms with Crippen molar-refractivity contribution in [2.45, 2.75) is 6.42 Å². The van der Waals surface area contributed by atoms with Crippen LogP contribution in [0.5, 0.6) is 23.0 Å². The van der Waals surface area contributed by atoms with Crippen LogP contribution in [-0.2, 0) is 11.2 Å². The summed E-state index contributed by atoms with van der Waals surface area (Å²) in [5, 5.41) is 5.95. The Balaban J connectivity index is 1.88. The number of carbonyl (C=O) groups is 1. The first-order valence-corrected chi connectivity index (χ1v) is 8.55. The van der Waals surface area contributed by atoms with Crippen LogP contribution in [0, 0.1) is 0 Å². The van der Waals surface area contributed by atoms with Gasteiger partial charge in [0, 0.05) is 17.8 Å². The van der Waals surface area contributed by atoms with Crippen molar-refractivity contribution in [1.82, 2.24) is 5.32 Å². The van der Waals surface area contributed by atoms with E-state index in [0.717, 1.165) is 17.7 Å². The molecular formula is C20H26N2O5. The Kier molecular flexibility index (Phi) is 7.76. The molecule has 2 rings (SSSR count). The number of hydrogen-bond acceptors (Lipinski definition) is 6. The Morgan fingerprint density at radius 3 is 2.11 bits per heavy atom. The summed E-state index contributed by atoms with van der Waals surface area (Å²) in [5.74, 6) is 2.13. The van der Waals surface area contributed by atoms with Crippen LogP contribution in [0.4, 0.5) is 5.69 Å². The zero-order valence-corrected chi connectivity index (χ0v) is 16.1. The average molecular weight is 374 g/mol. The van der Waals surface area contributed by atoms with E-state index < -0.39 is 0 Å². The van der Waals surface area contributed by atoms with Crippen molar-refractivity contribution in [3.63, 3.8) is 0 Å². The summed E-state index contributed by atoms with van der Waals surface area (Å²) in [5.41, 5.74) is 1.67. The lowest BCUT2D eigenvalue weighted by Gasteiger charge is -2.15. The van der Waals surface area contributed by atoms with Crippen molar-refractivity contribution in [1.29, 1.82) is 0 Å². The van der Waals surface area contributed by atoms with Gasteiger partial charge in [0.2, 0.25) is 11.7 Å². The zero-order valence-electron chi connectivity index (χ0n) is 16.1. The Labute approximate surface area is 159 Å². The highest BCUT2D eigenvalue weighted by molar-refractivity contribution is 5.93. The lowest BCUT2D eigenvalue weighted by molar-refractivity contribution is -0.115. The molecule has 0 bridgehead atoms. The predicted octanol–water partition coefficient (Wildman–Crippen LogP) is 2.49. The minimum Gasteiger partial charge on any atom is -0.496 e. The third-order valence-electron chi connectivity index (χ3n) is 4.00. The summed E-state index contributed by atoms with van der Waals surface area (Å²) >= 11 is 0. The summed E-state index contributed by atoms with van der Waals surface area (Å²) in [6, 6.07) is 11.2. The molecule has 2 N–H and O–H groups in total. The van der Waals surface area contributed by atoms with Crippen molar-refractivity contribution in [2.24, 2.45) is 0 Å². The predicted molar refractivity (Wildman–Crippen MR) is 104 cm³/mol. The normalized spacial score (nSPS) is 10.2. The van der Waals surface area contributed by atoms with Gasteiger partial charge in [-0.2, -0.15) is 0 Å². The lowest BCUT2D eigenvalue weighted by atomic mass is 10.1. The van der Waals surface area contributed by atoms with Gasteiger partial charge in [-0.05, 0) is 24.6 Å². The van der Waals surface area contributed by atoms with Gasteiger partial charge in [-0.15, -0.1) is 0 Å². The summed E-state index contributed by atoms with van der Waals surface area (Å²) in [7, 11) is 6.24. The van der Waals surface area contributed by atoms with E-state index in [-0.39, 0.29) is 12.5 Å². The molecule has 0 heterocycles. The topological polar surface area (TPSA) is 78.1 Å². The molecule has 27 heavy (non-hydrogen) atoms. The van der Waals surface area contributed by atoms with Crippen molar-refractivity contribution in [3.8, 4) is 23.0 Å². The third-order valence-corrected chi connectivity index (χ3v) is 4.00. The van der Waals surface area contributed by atoms with Crippen LogP contribution >= 0.6 is 0 Å². The zero-order chi connectivity index (χ0) is 19.6. The first-order valence-electron chi connectivity index (χ1n) is 8.55. The molecule has 2 aromatic carbocycles. The first-order chi connectivity index (χ1) is 13.1. The second-order valence-electron chi connectivity index (χ2n) is 5.70. The molecule has 7 heteroatoms. The largest absolute Gasteiger partial charge is 0.496 e. The maximum atomic E-state index is 12.2. The van der Waals surface area contributed by atoms with Gasteiger partial charge in [-0.1, -0.05) is 18.2 Å². The van der Waals surface area contributed by atoms with E-state index in [0.29, 0.717) is 29.5 Å². The van der Waals surface area contributed by atoms with Crippen LogP contribution in [0.15, 0.2) is 36.4 Å². The highest BCUT2D eigenvalue weighted by Crippen LogP contribution is 2.39. The molecule has 0 aliphatic rings. The number of ether oxygens (including phenoxy) is 4. The Morgan fingerprint density at radius 2 is 1.52 bits per heavy atom. The van der Waals surface area contributed by atoms with Gasteiger partial charge >= 0.3 is 0 Å². The SMILES string of the molecule is COc1ccccc1CCNCC(=O)Nc1cc(OC)c(OC)c(OC)c1. The number of methoxy groups -OCH3 is 4. The number of nitrogens with one attached hydrogen (secondary N) is 2. The van der Waals surface area contributed by atoms with E-state index in [1.807, 2.05) is 24.3 Å². The maximum absolute atomic E-state index is 12.2. The molecule has 0 saturated carbocycles. The fraction of sp³-hybridized carbons (Fsp3) is 0.350. The molecular weight excluding hydrogens is 348 g/mol. The van der Waals surface area contributed by atoms with Gasteiger partial charge in [-0.3, -0.25) is 4.79 Å². The molecule has 0 saturated heterocycles. The number of amides is 1. The lowest BCUT2D eigenvalue weighted by Crippen LogP contribution is -2.29. The molecule has 0 radical (unpaired) electrons. The van der Waals surface area contributed by atoms with Gasteiger partial charge in [0.05, 0.1) is 35.0 Å². The Bertz CT molecular complexity index is 739. The minimum absolute atomic E-state index is 0.163. The molecule has 1 amide bonds. The van der Waals surface area contributed by atoms with Crippen LogP contribution < -0.4 is 29.6 Å². The second-order valence-corrected chi connectivity index (χ2v) is 5.70. The first kappa shape index (κ1) is 20.4. The second kappa shape index (κ2) is 10.3. The quantitative estimate of drug-likeness (QED) is 0.622. The summed E-state index contributed by atoms with van der Waals surface area (Å²) < 4.78 is 21.2. The van der Waals surface area contributed by atoms with Gasteiger partial charge in [0.1, 0.15) is 5.75 Å². The number of para-hydroxylation sites is 1. The molecule has 7 nitrogen and oxygen atoms in total. The van der Waals surface area contributed by atoms with Crippen LogP contribution in [-0.4, -0.2) is 47.4 Å². The van der Waals surface area contributed by atoms with Crippen LogP contribution in [0.3, 0.4) is 0 Å². The van der Waals surface area contributed by atoms with E-state index in [2.05, 4.69) is 10.6 Å². The monoisotopic (exact) mass is 374 g/mol. The smallest absolute Gasteiger partial charge is 0.238 e. The molecule has 0 unspecified atom stereocenters. The molecule has 0 atom stereocenters. The molecule has 0 fully saturated rings. The van der Waals surface area contributed by atoms with E-state index in [1.165, 1.54) is 21.3 Å². The number of rotatable bonds is 10. The van der Waals surface area contributed by atoms with Crippen LogP contribution in [0.2, 0.25) is 0 Å². The highest BCUT2D eigenvalue weighted by atomic mass is 16.5. The van der Waals surface area contributed by atoms with Gasteiger partial charge < -0.3 is 29.6 Å².